The number of esters is 1. The minimum absolute atomic E-state index is 0.195. The van der Waals surface area contributed by atoms with Gasteiger partial charge in [0.05, 0.1) is 20.3 Å². The molecule has 0 aromatic heterocycles. The van der Waals surface area contributed by atoms with E-state index in [0.29, 0.717) is 26.3 Å². The van der Waals surface area contributed by atoms with E-state index in [0.717, 1.165) is 11.3 Å². The minimum atomic E-state index is -0.805. The lowest BCUT2D eigenvalue weighted by Crippen LogP contribution is -2.45. The van der Waals surface area contributed by atoms with Crippen LogP contribution >= 0.6 is 0 Å². The molecule has 23 heavy (non-hydrogen) atoms. The van der Waals surface area contributed by atoms with Gasteiger partial charge >= 0.3 is 5.97 Å². The summed E-state index contributed by atoms with van der Waals surface area (Å²) in [4.78, 5) is 25.6. The molecule has 1 heterocycles. The van der Waals surface area contributed by atoms with Gasteiger partial charge in [0.25, 0.3) is 5.91 Å². The molecule has 1 atom stereocenters. The van der Waals surface area contributed by atoms with Crippen molar-refractivity contribution in [3.8, 4) is 5.75 Å². The molecular weight excluding hydrogens is 298 g/mol. The van der Waals surface area contributed by atoms with Gasteiger partial charge < -0.3 is 19.1 Å². The van der Waals surface area contributed by atoms with Gasteiger partial charge in [0.2, 0.25) is 0 Å². The maximum Gasteiger partial charge on any atom is 0.331 e. The Balaban J connectivity index is 1.84. The molecule has 1 aromatic carbocycles. The van der Waals surface area contributed by atoms with Crippen molar-refractivity contribution in [2.75, 3.05) is 33.4 Å². The molecule has 0 bridgehead atoms. The Hall–Kier alpha value is -2.34. The van der Waals surface area contributed by atoms with E-state index in [1.807, 2.05) is 12.1 Å². The van der Waals surface area contributed by atoms with E-state index < -0.39 is 12.1 Å². The van der Waals surface area contributed by atoms with E-state index in [2.05, 4.69) is 0 Å². The van der Waals surface area contributed by atoms with Gasteiger partial charge in [0.15, 0.2) is 6.10 Å². The topological polar surface area (TPSA) is 65.1 Å². The first-order valence-corrected chi connectivity index (χ1v) is 7.49. The molecule has 6 heteroatoms. The van der Waals surface area contributed by atoms with E-state index in [-0.39, 0.29) is 5.91 Å². The van der Waals surface area contributed by atoms with E-state index in [1.54, 1.807) is 37.1 Å². The fraction of sp³-hybridized carbons (Fsp3) is 0.412. The summed E-state index contributed by atoms with van der Waals surface area (Å²) in [5, 5.41) is 0. The van der Waals surface area contributed by atoms with Crippen LogP contribution in [0.25, 0.3) is 6.08 Å². The van der Waals surface area contributed by atoms with Crippen molar-refractivity contribution in [1.82, 2.24) is 4.90 Å². The molecule has 6 nitrogen and oxygen atoms in total. The lowest BCUT2D eigenvalue weighted by Gasteiger charge is -2.28. The molecule has 0 aliphatic carbocycles. The predicted octanol–water partition coefficient (Wildman–Crippen LogP) is 1.50. The first-order chi connectivity index (χ1) is 11.1. The van der Waals surface area contributed by atoms with E-state index in [1.165, 1.54) is 6.08 Å². The Morgan fingerprint density at radius 1 is 1.22 bits per heavy atom. The van der Waals surface area contributed by atoms with Crippen LogP contribution in [0.4, 0.5) is 0 Å². The highest BCUT2D eigenvalue weighted by molar-refractivity contribution is 5.90. The summed E-state index contributed by atoms with van der Waals surface area (Å²) in [5.41, 5.74) is 0.843. The fourth-order valence-electron chi connectivity index (χ4n) is 2.18. The Kier molecular flexibility index (Phi) is 6.17. The number of nitrogens with zero attached hydrogens (tertiary/aromatic N) is 1. The lowest BCUT2D eigenvalue weighted by atomic mass is 10.2. The average Bonchev–Trinajstić information content (AvgIpc) is 2.60. The number of hydrogen-bond donors (Lipinski definition) is 0. The number of amides is 1. The number of hydrogen-bond acceptors (Lipinski definition) is 5. The lowest BCUT2D eigenvalue weighted by molar-refractivity contribution is -0.157. The maximum atomic E-state index is 12.1. The summed E-state index contributed by atoms with van der Waals surface area (Å²) in [6, 6.07) is 7.25. The van der Waals surface area contributed by atoms with Gasteiger partial charge in [-0.3, -0.25) is 4.79 Å². The number of carbonyl (C=O) groups excluding carboxylic acids is 2. The molecule has 0 spiro atoms. The highest BCUT2D eigenvalue weighted by atomic mass is 16.5. The van der Waals surface area contributed by atoms with Crippen molar-refractivity contribution < 1.29 is 23.8 Å². The van der Waals surface area contributed by atoms with Crippen LogP contribution in [0, 0.1) is 0 Å². The molecule has 1 unspecified atom stereocenters. The third kappa shape index (κ3) is 5.10. The van der Waals surface area contributed by atoms with Crippen LogP contribution in [0.1, 0.15) is 12.5 Å². The average molecular weight is 319 g/mol. The highest BCUT2D eigenvalue weighted by Crippen LogP contribution is 2.12. The third-order valence-corrected chi connectivity index (χ3v) is 3.49. The number of benzene rings is 1. The van der Waals surface area contributed by atoms with Crippen molar-refractivity contribution in [3.63, 3.8) is 0 Å². The Bertz CT molecular complexity index is 561. The first kappa shape index (κ1) is 17.0. The second-order valence-electron chi connectivity index (χ2n) is 5.12. The smallest absolute Gasteiger partial charge is 0.331 e. The third-order valence-electron chi connectivity index (χ3n) is 3.49. The van der Waals surface area contributed by atoms with Crippen LogP contribution in [0.3, 0.4) is 0 Å². The molecule has 1 aromatic rings. The molecule has 1 fully saturated rings. The molecular formula is C17H21NO5. The Labute approximate surface area is 135 Å². The van der Waals surface area contributed by atoms with Crippen molar-refractivity contribution in [3.05, 3.63) is 35.9 Å². The normalized spacial score (nSPS) is 16.2. The molecule has 124 valence electrons. The summed E-state index contributed by atoms with van der Waals surface area (Å²) in [6.07, 6.45) is 2.14. The Morgan fingerprint density at radius 3 is 2.48 bits per heavy atom. The number of rotatable bonds is 5. The molecule has 0 saturated carbocycles. The van der Waals surface area contributed by atoms with Crippen LogP contribution in [0.2, 0.25) is 0 Å². The van der Waals surface area contributed by atoms with Gasteiger partial charge in [-0.15, -0.1) is 0 Å². The second-order valence-corrected chi connectivity index (χ2v) is 5.12. The zero-order chi connectivity index (χ0) is 16.7. The van der Waals surface area contributed by atoms with Gasteiger partial charge in [-0.2, -0.15) is 0 Å². The second kappa shape index (κ2) is 8.33. The standard InChI is InChI=1S/C17H21NO5/c1-13(17(20)18-9-11-22-12-10-18)23-16(19)8-5-14-3-6-15(21-2)7-4-14/h3-8,13H,9-12H2,1-2H3/b8-5+. The summed E-state index contributed by atoms with van der Waals surface area (Å²) in [6.45, 7) is 3.68. The number of carbonyl (C=O) groups is 2. The number of ether oxygens (including phenoxy) is 3. The molecule has 1 saturated heterocycles. The molecule has 1 aliphatic rings. The van der Waals surface area contributed by atoms with Crippen molar-refractivity contribution in [2.45, 2.75) is 13.0 Å². The molecule has 2 rings (SSSR count). The van der Waals surface area contributed by atoms with Gasteiger partial charge in [0, 0.05) is 19.2 Å². The Morgan fingerprint density at radius 2 is 1.87 bits per heavy atom. The van der Waals surface area contributed by atoms with Crippen molar-refractivity contribution >= 4 is 18.0 Å². The first-order valence-electron chi connectivity index (χ1n) is 7.49. The number of methoxy groups -OCH3 is 1. The van der Waals surface area contributed by atoms with Crippen LogP contribution in [-0.2, 0) is 19.1 Å². The largest absolute Gasteiger partial charge is 0.497 e. The van der Waals surface area contributed by atoms with Gasteiger partial charge in [-0.05, 0) is 30.7 Å². The van der Waals surface area contributed by atoms with Crippen molar-refractivity contribution in [2.24, 2.45) is 0 Å². The zero-order valence-corrected chi connectivity index (χ0v) is 13.4. The molecule has 0 radical (unpaired) electrons. The minimum Gasteiger partial charge on any atom is -0.497 e. The SMILES string of the molecule is COc1ccc(/C=C/C(=O)OC(C)C(=O)N2CCOCC2)cc1. The number of morpholine rings is 1. The molecule has 1 amide bonds. The fourth-order valence-corrected chi connectivity index (χ4v) is 2.18. The van der Waals surface area contributed by atoms with E-state index >= 15 is 0 Å². The van der Waals surface area contributed by atoms with Gasteiger partial charge in [0.1, 0.15) is 5.75 Å². The van der Waals surface area contributed by atoms with Crippen LogP contribution < -0.4 is 4.74 Å². The monoisotopic (exact) mass is 319 g/mol. The van der Waals surface area contributed by atoms with Crippen LogP contribution in [-0.4, -0.2) is 56.3 Å². The molecule has 0 N–H and O–H groups in total. The van der Waals surface area contributed by atoms with Gasteiger partial charge in [-0.25, -0.2) is 4.79 Å². The van der Waals surface area contributed by atoms with E-state index in [9.17, 15) is 9.59 Å². The maximum absolute atomic E-state index is 12.1. The quantitative estimate of drug-likeness (QED) is 0.608. The summed E-state index contributed by atoms with van der Waals surface area (Å²) in [7, 11) is 1.59. The summed E-state index contributed by atoms with van der Waals surface area (Å²) in [5.74, 6) is 0.00359. The highest BCUT2D eigenvalue weighted by Gasteiger charge is 2.24. The summed E-state index contributed by atoms with van der Waals surface area (Å²) < 4.78 is 15.4. The van der Waals surface area contributed by atoms with Crippen LogP contribution in [0.5, 0.6) is 5.75 Å². The predicted molar refractivity (Wildman–Crippen MR) is 85.0 cm³/mol. The zero-order valence-electron chi connectivity index (χ0n) is 13.4. The summed E-state index contributed by atoms with van der Waals surface area (Å²) >= 11 is 0. The van der Waals surface area contributed by atoms with Gasteiger partial charge in [-0.1, -0.05) is 12.1 Å². The molecule has 1 aliphatic heterocycles. The van der Waals surface area contributed by atoms with Crippen molar-refractivity contribution in [1.29, 1.82) is 0 Å². The van der Waals surface area contributed by atoms with E-state index in [4.69, 9.17) is 14.2 Å². The van der Waals surface area contributed by atoms with Crippen LogP contribution in [0.15, 0.2) is 30.3 Å².